The van der Waals surface area contributed by atoms with Crippen molar-refractivity contribution >= 4 is 54.7 Å². The monoisotopic (exact) mass is 564 g/mol. The molecule has 0 spiro atoms. The average Bonchev–Trinajstić information content (AvgIpc) is 3.48. The number of aryl methyl sites for hydroxylation is 2. The van der Waals surface area contributed by atoms with Crippen LogP contribution in [0.3, 0.4) is 0 Å². The van der Waals surface area contributed by atoms with Crippen molar-refractivity contribution in [1.29, 1.82) is 0 Å². The molecule has 0 unspecified atom stereocenters. The summed E-state index contributed by atoms with van der Waals surface area (Å²) in [5.74, 6) is 1.43. The summed E-state index contributed by atoms with van der Waals surface area (Å²) in [6.45, 7) is 10.8. The van der Waals surface area contributed by atoms with Crippen molar-refractivity contribution in [3.8, 4) is 0 Å². The molecule has 0 amide bonds. The van der Waals surface area contributed by atoms with Crippen molar-refractivity contribution in [1.82, 2.24) is 10.6 Å². The molecule has 4 rings (SSSR count). The van der Waals surface area contributed by atoms with Crippen molar-refractivity contribution in [3.05, 3.63) is 46.5 Å². The third-order valence-corrected chi connectivity index (χ3v) is 6.98. The van der Waals surface area contributed by atoms with Crippen LogP contribution in [0.5, 0.6) is 0 Å². The number of hydrogen-bond donors (Lipinski definition) is 6. The quantitative estimate of drug-likeness (QED) is 0.310. The summed E-state index contributed by atoms with van der Waals surface area (Å²) in [7, 11) is -6.57. The van der Waals surface area contributed by atoms with Gasteiger partial charge in [-0.3, -0.25) is 19.4 Å². The number of nitrogens with zero attached hydrogens (tertiary/aromatic N) is 2. The summed E-state index contributed by atoms with van der Waals surface area (Å²) in [6, 6.07) is 7.47. The molecule has 0 aromatic heterocycles. The Kier molecular flexibility index (Phi) is 9.09. The van der Waals surface area contributed by atoms with Gasteiger partial charge < -0.3 is 21.3 Å². The number of benzene rings is 2. The third-order valence-electron chi connectivity index (χ3n) is 5.80. The Labute approximate surface area is 224 Å². The Morgan fingerprint density at radius 3 is 1.32 bits per heavy atom. The van der Waals surface area contributed by atoms with Gasteiger partial charge in [-0.1, -0.05) is 0 Å². The van der Waals surface area contributed by atoms with Crippen LogP contribution in [0.1, 0.15) is 22.3 Å². The normalized spacial score (nSPS) is 14.8. The van der Waals surface area contributed by atoms with Gasteiger partial charge in [0.1, 0.15) is 0 Å². The predicted molar refractivity (Wildman–Crippen MR) is 157 cm³/mol. The molecular formula is C24H36N8O4S2. The van der Waals surface area contributed by atoms with Crippen LogP contribution in [0, 0.1) is 27.7 Å². The van der Waals surface area contributed by atoms with Crippen LogP contribution in [-0.2, 0) is 20.0 Å². The number of nitrogens with one attached hydrogen (secondary N) is 6. The molecule has 2 aliphatic heterocycles. The van der Waals surface area contributed by atoms with Crippen molar-refractivity contribution in [3.63, 3.8) is 0 Å². The molecular weight excluding hydrogens is 528 g/mol. The molecule has 208 valence electrons. The molecule has 0 saturated heterocycles. The van der Waals surface area contributed by atoms with E-state index in [9.17, 15) is 16.8 Å². The van der Waals surface area contributed by atoms with Crippen LogP contribution in [-0.4, -0.2) is 67.4 Å². The maximum Gasteiger partial charge on any atom is 0.229 e. The topological polar surface area (TPSA) is 165 Å². The molecule has 12 nitrogen and oxygen atoms in total. The number of aliphatic imine (C=N–C) groups is 2. The number of sulfonamides is 2. The summed E-state index contributed by atoms with van der Waals surface area (Å²) < 4.78 is 50.5. The molecule has 2 aliphatic rings. The van der Waals surface area contributed by atoms with Crippen LogP contribution in [0.25, 0.3) is 0 Å². The van der Waals surface area contributed by atoms with E-state index < -0.39 is 20.0 Å². The lowest BCUT2D eigenvalue weighted by atomic mass is 10.1. The van der Waals surface area contributed by atoms with E-state index in [-0.39, 0.29) is 0 Å². The summed E-state index contributed by atoms with van der Waals surface area (Å²) >= 11 is 0. The van der Waals surface area contributed by atoms with Crippen LogP contribution >= 0.6 is 0 Å². The molecule has 14 heteroatoms. The Morgan fingerprint density at radius 1 is 0.658 bits per heavy atom. The van der Waals surface area contributed by atoms with Crippen LogP contribution in [0.15, 0.2) is 34.3 Å². The summed E-state index contributed by atoms with van der Waals surface area (Å²) in [6.07, 6.45) is 2.29. The lowest BCUT2D eigenvalue weighted by molar-refractivity contribution is 0.605. The smallest absolute Gasteiger partial charge is 0.229 e. The van der Waals surface area contributed by atoms with Crippen LogP contribution in [0.2, 0.25) is 0 Å². The van der Waals surface area contributed by atoms with E-state index in [0.717, 1.165) is 72.3 Å². The zero-order valence-electron chi connectivity index (χ0n) is 22.5. The number of hydrogen-bond acceptors (Lipinski definition) is 10. The van der Waals surface area contributed by atoms with Gasteiger partial charge in [0.15, 0.2) is 11.9 Å². The molecule has 6 N–H and O–H groups in total. The molecule has 0 bridgehead atoms. The van der Waals surface area contributed by atoms with E-state index in [1.54, 1.807) is 12.1 Å². The van der Waals surface area contributed by atoms with E-state index in [1.165, 1.54) is 0 Å². The third kappa shape index (κ3) is 8.80. The maximum atomic E-state index is 11.4. The van der Waals surface area contributed by atoms with E-state index in [1.807, 2.05) is 39.8 Å². The Bertz CT molecular complexity index is 1360. The fourth-order valence-electron chi connectivity index (χ4n) is 3.71. The lowest BCUT2D eigenvalue weighted by Gasteiger charge is -2.14. The van der Waals surface area contributed by atoms with Gasteiger partial charge in [0.2, 0.25) is 20.0 Å². The van der Waals surface area contributed by atoms with Crippen molar-refractivity contribution in [2.45, 2.75) is 27.7 Å². The lowest BCUT2D eigenvalue weighted by Crippen LogP contribution is -2.26. The maximum absolute atomic E-state index is 11.4. The van der Waals surface area contributed by atoms with Gasteiger partial charge in [0.25, 0.3) is 0 Å². The molecule has 2 heterocycles. The fraction of sp³-hybridized carbons (Fsp3) is 0.417. The fourth-order valence-corrected chi connectivity index (χ4v) is 4.93. The predicted octanol–water partition coefficient (Wildman–Crippen LogP) is 2.09. The highest BCUT2D eigenvalue weighted by molar-refractivity contribution is 7.92. The highest BCUT2D eigenvalue weighted by Gasteiger charge is 2.12. The first-order valence-electron chi connectivity index (χ1n) is 12.0. The Hall–Kier alpha value is -3.52. The SMILES string of the molecule is Cc1cc(NC2=NCCN2)cc(NS(C)(=O)=O)c1C.Cc1cc(NC2=NCCN2)cc(NS(C)(=O)=O)c1C. The highest BCUT2D eigenvalue weighted by Crippen LogP contribution is 2.26. The minimum Gasteiger partial charge on any atom is -0.354 e. The Morgan fingerprint density at radius 2 is 1.03 bits per heavy atom. The second-order valence-corrected chi connectivity index (χ2v) is 12.7. The van der Waals surface area contributed by atoms with Gasteiger partial charge in [-0.15, -0.1) is 0 Å². The van der Waals surface area contributed by atoms with Gasteiger partial charge in [0.05, 0.1) is 37.0 Å². The molecule has 0 radical (unpaired) electrons. The largest absolute Gasteiger partial charge is 0.354 e. The van der Waals surface area contributed by atoms with E-state index in [2.05, 4.69) is 40.7 Å². The first-order chi connectivity index (χ1) is 17.7. The minimum absolute atomic E-state index is 0.587. The first kappa shape index (κ1) is 29.0. The zero-order valence-corrected chi connectivity index (χ0v) is 24.1. The molecule has 0 saturated carbocycles. The molecule has 0 aliphatic carbocycles. The molecule has 0 atom stereocenters. The first-order valence-corrected chi connectivity index (χ1v) is 15.8. The number of anilines is 4. The van der Waals surface area contributed by atoms with E-state index >= 15 is 0 Å². The van der Waals surface area contributed by atoms with Gasteiger partial charge >= 0.3 is 0 Å². The molecule has 38 heavy (non-hydrogen) atoms. The standard InChI is InChI=1S/2C12H18N4O2S/c2*1-8-6-10(15-12-13-4-5-14-12)7-11(9(8)2)16-19(3,17)18/h2*6-7,16H,4-5H2,1-3H3,(H2,13,14,15). The molecule has 2 aromatic carbocycles. The molecule has 0 fully saturated rings. The number of rotatable bonds is 6. The second-order valence-electron chi connectivity index (χ2n) is 9.24. The van der Waals surface area contributed by atoms with Crippen LogP contribution in [0.4, 0.5) is 22.7 Å². The number of guanidine groups is 2. The van der Waals surface area contributed by atoms with E-state index in [0.29, 0.717) is 23.3 Å². The van der Waals surface area contributed by atoms with Gasteiger partial charge in [-0.05, 0) is 74.2 Å². The average molecular weight is 565 g/mol. The summed E-state index contributed by atoms with van der Waals surface area (Å²) in [5.41, 5.74) is 6.64. The van der Waals surface area contributed by atoms with E-state index in [4.69, 9.17) is 0 Å². The van der Waals surface area contributed by atoms with Gasteiger partial charge in [-0.25, -0.2) is 16.8 Å². The minimum atomic E-state index is -3.28. The molecule has 2 aromatic rings. The van der Waals surface area contributed by atoms with Gasteiger partial charge in [0, 0.05) is 24.5 Å². The van der Waals surface area contributed by atoms with Crippen molar-refractivity contribution in [2.75, 3.05) is 58.8 Å². The second kappa shape index (κ2) is 11.9. The van der Waals surface area contributed by atoms with Crippen molar-refractivity contribution < 1.29 is 16.8 Å². The summed E-state index contributed by atoms with van der Waals surface area (Å²) in [5, 5.41) is 12.5. The summed E-state index contributed by atoms with van der Waals surface area (Å²) in [4.78, 5) is 8.49. The van der Waals surface area contributed by atoms with Crippen molar-refractivity contribution in [2.24, 2.45) is 9.98 Å². The van der Waals surface area contributed by atoms with Crippen LogP contribution < -0.4 is 30.7 Å². The zero-order chi connectivity index (χ0) is 28.1. The van der Waals surface area contributed by atoms with Gasteiger partial charge in [-0.2, -0.15) is 0 Å². The highest BCUT2D eigenvalue weighted by atomic mass is 32.2. The Balaban J connectivity index is 0.000000211.